The number of carbonyl (C=O) groups is 2. The third-order valence-electron chi connectivity index (χ3n) is 4.88. The number of anilines is 1. The highest BCUT2D eigenvalue weighted by molar-refractivity contribution is 9.10. The lowest BCUT2D eigenvalue weighted by Crippen LogP contribution is -2.54. The van der Waals surface area contributed by atoms with Gasteiger partial charge < -0.3 is 19.6 Å². The molecule has 10 heteroatoms. The van der Waals surface area contributed by atoms with Crippen LogP contribution in [0.5, 0.6) is 0 Å². The summed E-state index contributed by atoms with van der Waals surface area (Å²) in [6.45, 7) is 2.88. The summed E-state index contributed by atoms with van der Waals surface area (Å²) in [5.41, 5.74) is 0.235. The number of carboxylic acids is 1. The molecule has 1 fully saturated rings. The molecule has 1 aliphatic rings. The molecular weight excluding hydrogens is 458 g/mol. The molecule has 0 aromatic heterocycles. The maximum absolute atomic E-state index is 12.5. The van der Waals surface area contributed by atoms with Gasteiger partial charge in [-0.25, -0.2) is 9.59 Å². The first kappa shape index (κ1) is 21.6. The molecule has 0 unspecified atom stereocenters. The van der Waals surface area contributed by atoms with Gasteiger partial charge in [-0.1, -0.05) is 46.3 Å². The van der Waals surface area contributed by atoms with Gasteiger partial charge in [0, 0.05) is 30.1 Å². The van der Waals surface area contributed by atoms with E-state index in [0.717, 1.165) is 5.56 Å². The lowest BCUT2D eigenvalue weighted by Gasteiger charge is -2.40. The number of piperazine rings is 1. The summed E-state index contributed by atoms with van der Waals surface area (Å²) in [5, 5.41) is 21.0. The zero-order chi connectivity index (χ0) is 21.8. The van der Waals surface area contributed by atoms with E-state index in [4.69, 9.17) is 4.74 Å². The van der Waals surface area contributed by atoms with E-state index in [0.29, 0.717) is 24.1 Å². The molecule has 9 nitrogen and oxygen atoms in total. The van der Waals surface area contributed by atoms with Crippen molar-refractivity contribution in [3.8, 4) is 0 Å². The fraction of sp³-hybridized carbons (Fsp3) is 0.300. The summed E-state index contributed by atoms with van der Waals surface area (Å²) in [6.07, 6.45) is -0.457. The number of aromatic carboxylic acids is 1. The Labute approximate surface area is 181 Å². The van der Waals surface area contributed by atoms with Crippen LogP contribution >= 0.6 is 15.9 Å². The van der Waals surface area contributed by atoms with Gasteiger partial charge in [0.25, 0.3) is 0 Å². The Morgan fingerprint density at radius 2 is 1.97 bits per heavy atom. The van der Waals surface area contributed by atoms with Crippen LogP contribution < -0.4 is 4.90 Å². The van der Waals surface area contributed by atoms with E-state index in [9.17, 15) is 24.8 Å². The Morgan fingerprint density at radius 1 is 1.27 bits per heavy atom. The van der Waals surface area contributed by atoms with E-state index >= 15 is 0 Å². The highest BCUT2D eigenvalue weighted by Gasteiger charge is 2.34. The Kier molecular flexibility index (Phi) is 6.56. The molecule has 1 N–H and O–H groups in total. The average molecular weight is 478 g/mol. The van der Waals surface area contributed by atoms with Crippen LogP contribution in [0.15, 0.2) is 46.9 Å². The molecule has 158 valence electrons. The van der Waals surface area contributed by atoms with Crippen molar-refractivity contribution in [2.45, 2.75) is 19.6 Å². The standard InChI is InChI=1S/C20H20BrN3O6/c1-13-11-22(17-10-15(21)9-16(19(25)26)18(17)24(28)29)7-8-23(13)20(27)30-12-14-5-3-2-4-6-14/h2-6,9-10,13H,7-8,11-12H2,1H3,(H,25,26)/t13-/m1/s1. The number of ether oxygens (including phenoxy) is 1. The number of hydrogen-bond acceptors (Lipinski definition) is 6. The van der Waals surface area contributed by atoms with Gasteiger partial charge in [0.1, 0.15) is 17.9 Å². The fourth-order valence-corrected chi connectivity index (χ4v) is 3.88. The molecule has 0 spiro atoms. The van der Waals surface area contributed by atoms with Gasteiger partial charge in [-0.05, 0) is 24.6 Å². The van der Waals surface area contributed by atoms with E-state index in [1.165, 1.54) is 12.1 Å². The second-order valence-electron chi connectivity index (χ2n) is 6.91. The van der Waals surface area contributed by atoms with Crippen LogP contribution in [-0.2, 0) is 11.3 Å². The monoisotopic (exact) mass is 477 g/mol. The number of hydrogen-bond donors (Lipinski definition) is 1. The molecule has 2 aromatic carbocycles. The lowest BCUT2D eigenvalue weighted by molar-refractivity contribution is -0.384. The highest BCUT2D eigenvalue weighted by atomic mass is 79.9. The van der Waals surface area contributed by atoms with Gasteiger partial charge in [0.2, 0.25) is 0 Å². The van der Waals surface area contributed by atoms with Gasteiger partial charge in [0.15, 0.2) is 0 Å². The number of rotatable bonds is 5. The number of carbonyl (C=O) groups excluding carboxylic acids is 1. The molecule has 1 saturated heterocycles. The molecule has 1 aliphatic heterocycles. The minimum absolute atomic E-state index is 0.158. The molecule has 0 aliphatic carbocycles. The Hall–Kier alpha value is -3.14. The molecule has 1 amide bonds. The van der Waals surface area contributed by atoms with Crippen LogP contribution in [0.2, 0.25) is 0 Å². The van der Waals surface area contributed by atoms with E-state index in [-0.39, 0.29) is 23.9 Å². The van der Waals surface area contributed by atoms with Crippen molar-refractivity contribution < 1.29 is 24.4 Å². The van der Waals surface area contributed by atoms with E-state index in [1.54, 1.807) is 9.80 Å². The van der Waals surface area contributed by atoms with E-state index in [1.807, 2.05) is 37.3 Å². The molecule has 1 atom stereocenters. The minimum Gasteiger partial charge on any atom is -0.477 e. The topological polar surface area (TPSA) is 113 Å². The molecule has 30 heavy (non-hydrogen) atoms. The van der Waals surface area contributed by atoms with E-state index in [2.05, 4.69) is 15.9 Å². The first-order valence-electron chi connectivity index (χ1n) is 9.21. The summed E-state index contributed by atoms with van der Waals surface area (Å²) >= 11 is 3.23. The molecule has 1 heterocycles. The van der Waals surface area contributed by atoms with Crippen molar-refractivity contribution in [1.82, 2.24) is 4.90 Å². The number of benzene rings is 2. The van der Waals surface area contributed by atoms with Gasteiger partial charge in [-0.3, -0.25) is 10.1 Å². The van der Waals surface area contributed by atoms with Gasteiger partial charge in [-0.15, -0.1) is 0 Å². The normalized spacial score (nSPS) is 16.3. The van der Waals surface area contributed by atoms with Crippen LogP contribution in [0.3, 0.4) is 0 Å². The Morgan fingerprint density at radius 3 is 2.57 bits per heavy atom. The van der Waals surface area contributed by atoms with Gasteiger partial charge in [0.05, 0.1) is 4.92 Å². The smallest absolute Gasteiger partial charge is 0.410 e. The van der Waals surface area contributed by atoms with Crippen LogP contribution in [0.1, 0.15) is 22.8 Å². The van der Waals surface area contributed by atoms with Crippen molar-refractivity contribution in [2.75, 3.05) is 24.5 Å². The largest absolute Gasteiger partial charge is 0.477 e. The Bertz CT molecular complexity index is 969. The van der Waals surface area contributed by atoms with Crippen molar-refractivity contribution in [3.63, 3.8) is 0 Å². The molecule has 2 aromatic rings. The van der Waals surface area contributed by atoms with E-state index < -0.39 is 22.7 Å². The third kappa shape index (κ3) is 4.70. The first-order chi connectivity index (χ1) is 14.3. The Balaban J connectivity index is 1.74. The number of nitro benzene ring substituents is 1. The second-order valence-corrected chi connectivity index (χ2v) is 7.83. The van der Waals surface area contributed by atoms with Crippen LogP contribution in [0.4, 0.5) is 16.2 Å². The predicted molar refractivity (Wildman–Crippen MR) is 113 cm³/mol. The fourth-order valence-electron chi connectivity index (χ4n) is 3.43. The molecule has 0 radical (unpaired) electrons. The molecule has 0 saturated carbocycles. The summed E-state index contributed by atoms with van der Waals surface area (Å²) in [7, 11) is 0. The summed E-state index contributed by atoms with van der Waals surface area (Å²) in [6, 6.07) is 11.8. The van der Waals surface area contributed by atoms with Crippen molar-refractivity contribution >= 4 is 39.4 Å². The lowest BCUT2D eigenvalue weighted by atomic mass is 10.1. The second kappa shape index (κ2) is 9.12. The van der Waals surface area contributed by atoms with Crippen LogP contribution in [0.25, 0.3) is 0 Å². The third-order valence-corrected chi connectivity index (χ3v) is 5.33. The van der Waals surface area contributed by atoms with Crippen LogP contribution in [-0.4, -0.2) is 52.7 Å². The zero-order valence-corrected chi connectivity index (χ0v) is 17.7. The van der Waals surface area contributed by atoms with Crippen molar-refractivity contribution in [1.29, 1.82) is 0 Å². The maximum atomic E-state index is 12.5. The zero-order valence-electron chi connectivity index (χ0n) is 16.2. The van der Waals surface area contributed by atoms with Crippen molar-refractivity contribution in [2.24, 2.45) is 0 Å². The number of carboxylic acid groups (broad SMARTS) is 1. The summed E-state index contributed by atoms with van der Waals surface area (Å²) in [4.78, 5) is 38.2. The van der Waals surface area contributed by atoms with Gasteiger partial charge in [-0.2, -0.15) is 0 Å². The maximum Gasteiger partial charge on any atom is 0.410 e. The minimum atomic E-state index is -1.37. The number of halogens is 1. The molecule has 0 bridgehead atoms. The number of nitrogens with zero attached hydrogens (tertiary/aromatic N) is 3. The number of nitro groups is 1. The predicted octanol–water partition coefficient (Wildman–Crippen LogP) is 3.90. The average Bonchev–Trinajstić information content (AvgIpc) is 2.71. The van der Waals surface area contributed by atoms with Crippen molar-refractivity contribution in [3.05, 3.63) is 68.2 Å². The molecule has 3 rings (SSSR count). The summed E-state index contributed by atoms with van der Waals surface area (Å²) < 4.78 is 5.81. The number of amides is 1. The molecular formula is C20H20BrN3O6. The first-order valence-corrected chi connectivity index (χ1v) is 10.0. The van der Waals surface area contributed by atoms with Gasteiger partial charge >= 0.3 is 17.7 Å². The van der Waals surface area contributed by atoms with Crippen LogP contribution in [0, 0.1) is 10.1 Å². The highest BCUT2D eigenvalue weighted by Crippen LogP contribution is 2.36. The SMILES string of the molecule is C[C@@H]1CN(c2cc(Br)cc(C(=O)O)c2[N+](=O)[O-])CCN1C(=O)OCc1ccccc1. The quantitative estimate of drug-likeness (QED) is 0.512. The summed E-state index contributed by atoms with van der Waals surface area (Å²) in [5.74, 6) is -1.37.